The number of benzene rings is 1. The van der Waals surface area contributed by atoms with Gasteiger partial charge in [0.15, 0.2) is 0 Å². The van der Waals surface area contributed by atoms with Crippen molar-refractivity contribution in [3.63, 3.8) is 0 Å². The summed E-state index contributed by atoms with van der Waals surface area (Å²) in [5.41, 5.74) is 0.934. The first-order chi connectivity index (χ1) is 7.70. The van der Waals surface area contributed by atoms with E-state index in [9.17, 15) is 9.18 Å². The molecule has 0 aromatic heterocycles. The van der Waals surface area contributed by atoms with Crippen molar-refractivity contribution in [3.8, 4) is 0 Å². The van der Waals surface area contributed by atoms with Gasteiger partial charge in [-0.15, -0.1) is 0 Å². The van der Waals surface area contributed by atoms with Crippen molar-refractivity contribution in [1.29, 1.82) is 0 Å². The van der Waals surface area contributed by atoms with Crippen LogP contribution < -0.4 is 0 Å². The van der Waals surface area contributed by atoms with Crippen LogP contribution in [0.1, 0.15) is 17.9 Å². The fourth-order valence-corrected chi connectivity index (χ4v) is 2.39. The van der Waals surface area contributed by atoms with Gasteiger partial charge < -0.3 is 9.69 Å². The van der Waals surface area contributed by atoms with Crippen molar-refractivity contribution < 1.29 is 9.18 Å². The Morgan fingerprint density at radius 1 is 1.50 bits per heavy atom. The van der Waals surface area contributed by atoms with Crippen molar-refractivity contribution in [1.82, 2.24) is 4.90 Å². The molecule has 2 nitrogen and oxygen atoms in total. The molecule has 1 fully saturated rings. The molecular weight excluding hydrogens is 205 g/mol. The quantitative estimate of drug-likeness (QED) is 0.712. The summed E-state index contributed by atoms with van der Waals surface area (Å²) in [5, 5.41) is 0. The summed E-state index contributed by atoms with van der Waals surface area (Å²) < 4.78 is 13.1. The molecule has 1 aromatic carbocycles. The molecule has 0 spiro atoms. The van der Waals surface area contributed by atoms with E-state index >= 15 is 0 Å². The predicted molar refractivity (Wildman–Crippen MR) is 60.8 cm³/mol. The van der Waals surface area contributed by atoms with Crippen LogP contribution in [-0.4, -0.2) is 31.3 Å². The highest BCUT2D eigenvalue weighted by Gasteiger charge is 2.28. The Hall–Kier alpha value is -1.22. The van der Waals surface area contributed by atoms with Crippen LogP contribution in [-0.2, 0) is 4.79 Å². The van der Waals surface area contributed by atoms with E-state index in [1.54, 1.807) is 12.1 Å². The first-order valence-electron chi connectivity index (χ1n) is 5.60. The molecule has 2 atom stereocenters. The van der Waals surface area contributed by atoms with Crippen LogP contribution in [0.3, 0.4) is 0 Å². The molecule has 1 aliphatic heterocycles. The van der Waals surface area contributed by atoms with Crippen LogP contribution >= 0.6 is 0 Å². The number of piperidine rings is 1. The Morgan fingerprint density at radius 2 is 2.31 bits per heavy atom. The van der Waals surface area contributed by atoms with Crippen molar-refractivity contribution in [3.05, 3.63) is 35.6 Å². The Balaban J connectivity index is 2.25. The molecule has 3 heteroatoms. The summed E-state index contributed by atoms with van der Waals surface area (Å²) in [6, 6.07) is 6.59. The number of carbonyl (C=O) groups excluding carboxylic acids is 1. The number of hydrogen-bond acceptors (Lipinski definition) is 2. The molecule has 0 bridgehead atoms. The van der Waals surface area contributed by atoms with Gasteiger partial charge in [-0.05, 0) is 37.7 Å². The predicted octanol–water partition coefficient (Wildman–Crippen LogP) is 2.06. The maximum Gasteiger partial charge on any atom is 0.123 e. The van der Waals surface area contributed by atoms with Gasteiger partial charge in [-0.3, -0.25) is 0 Å². The topological polar surface area (TPSA) is 20.3 Å². The summed E-state index contributed by atoms with van der Waals surface area (Å²) in [6.45, 7) is 1.77. The lowest BCUT2D eigenvalue weighted by atomic mass is 9.82. The fraction of sp³-hybridized carbons (Fsp3) is 0.462. The normalized spacial score (nSPS) is 26.6. The Labute approximate surface area is 95.1 Å². The fourth-order valence-electron chi connectivity index (χ4n) is 2.39. The van der Waals surface area contributed by atoms with Gasteiger partial charge in [-0.1, -0.05) is 12.1 Å². The van der Waals surface area contributed by atoms with Crippen LogP contribution in [0, 0.1) is 11.7 Å². The molecule has 1 aliphatic rings. The Kier molecular flexibility index (Phi) is 3.34. The second-order valence-corrected chi connectivity index (χ2v) is 4.51. The van der Waals surface area contributed by atoms with Crippen LogP contribution in [0.2, 0.25) is 0 Å². The van der Waals surface area contributed by atoms with Crippen molar-refractivity contribution in [2.45, 2.75) is 12.3 Å². The van der Waals surface area contributed by atoms with Crippen LogP contribution in [0.15, 0.2) is 24.3 Å². The number of hydrogen-bond donors (Lipinski definition) is 0. The summed E-state index contributed by atoms with van der Waals surface area (Å²) in [6.07, 6.45) is 1.88. The van der Waals surface area contributed by atoms with Crippen molar-refractivity contribution in [2.75, 3.05) is 20.1 Å². The van der Waals surface area contributed by atoms with Gasteiger partial charge in [0.1, 0.15) is 12.1 Å². The third kappa shape index (κ3) is 2.30. The second kappa shape index (κ2) is 4.74. The molecule has 1 aromatic rings. The van der Waals surface area contributed by atoms with Gasteiger partial charge in [-0.25, -0.2) is 4.39 Å². The molecule has 2 rings (SSSR count). The van der Waals surface area contributed by atoms with Crippen molar-refractivity contribution in [2.24, 2.45) is 5.92 Å². The number of likely N-dealkylation sites (tertiary alicyclic amines) is 1. The summed E-state index contributed by atoms with van der Waals surface area (Å²) in [4.78, 5) is 13.2. The average Bonchev–Trinajstić information content (AvgIpc) is 2.29. The Bertz CT molecular complexity index is 380. The largest absolute Gasteiger partial charge is 0.306 e. The molecule has 86 valence electrons. The smallest absolute Gasteiger partial charge is 0.123 e. The monoisotopic (exact) mass is 221 g/mol. The second-order valence-electron chi connectivity index (χ2n) is 4.51. The molecule has 0 saturated carbocycles. The van der Waals surface area contributed by atoms with Gasteiger partial charge in [0.2, 0.25) is 0 Å². The molecule has 0 aliphatic carbocycles. The molecule has 1 heterocycles. The lowest BCUT2D eigenvalue weighted by Gasteiger charge is -2.34. The summed E-state index contributed by atoms with van der Waals surface area (Å²) >= 11 is 0. The van der Waals surface area contributed by atoms with Crippen LogP contribution in [0.5, 0.6) is 0 Å². The summed E-state index contributed by atoms with van der Waals surface area (Å²) in [5.74, 6) is -0.0691. The van der Waals surface area contributed by atoms with Gasteiger partial charge in [0.05, 0.1) is 0 Å². The Morgan fingerprint density at radius 3 is 3.00 bits per heavy atom. The zero-order valence-electron chi connectivity index (χ0n) is 9.40. The number of halogens is 1. The number of rotatable bonds is 2. The number of likely N-dealkylation sites (N-methyl/N-ethyl adjacent to an activating group) is 1. The first-order valence-corrected chi connectivity index (χ1v) is 5.60. The molecule has 0 N–H and O–H groups in total. The van der Waals surface area contributed by atoms with Gasteiger partial charge in [0, 0.05) is 18.4 Å². The lowest BCUT2D eigenvalue weighted by molar-refractivity contribution is -0.112. The third-order valence-electron chi connectivity index (χ3n) is 3.32. The van der Waals surface area contributed by atoms with E-state index in [0.29, 0.717) is 0 Å². The molecule has 0 amide bonds. The average molecular weight is 221 g/mol. The highest BCUT2D eigenvalue weighted by Crippen LogP contribution is 2.30. The molecule has 0 unspecified atom stereocenters. The highest BCUT2D eigenvalue weighted by molar-refractivity contribution is 5.56. The van der Waals surface area contributed by atoms with Crippen molar-refractivity contribution >= 4 is 6.29 Å². The SMILES string of the molecule is CN1CC[C@@H](C=O)[C@H](c2cccc(F)c2)C1. The minimum absolute atomic E-state index is 0.0259. The van der Waals surface area contributed by atoms with E-state index < -0.39 is 0 Å². The lowest BCUT2D eigenvalue weighted by Crippen LogP contribution is -2.37. The standard InChI is InChI=1S/C13H16FNO/c1-15-6-5-11(9-16)13(8-15)10-3-2-4-12(14)7-10/h2-4,7,9,11,13H,5-6,8H2,1H3/t11-,13-/m0/s1. The number of carbonyl (C=O) groups is 1. The van der Waals surface area contributed by atoms with E-state index in [1.165, 1.54) is 6.07 Å². The van der Waals surface area contributed by atoms with E-state index in [4.69, 9.17) is 0 Å². The zero-order valence-corrected chi connectivity index (χ0v) is 9.40. The maximum atomic E-state index is 13.1. The number of nitrogens with zero attached hydrogens (tertiary/aromatic N) is 1. The highest BCUT2D eigenvalue weighted by atomic mass is 19.1. The van der Waals surface area contributed by atoms with Gasteiger partial charge >= 0.3 is 0 Å². The number of aldehydes is 1. The van der Waals surface area contributed by atoms with E-state index in [0.717, 1.165) is 31.4 Å². The van der Waals surface area contributed by atoms with E-state index in [2.05, 4.69) is 4.90 Å². The molecule has 0 radical (unpaired) electrons. The van der Waals surface area contributed by atoms with Crippen LogP contribution in [0.4, 0.5) is 4.39 Å². The zero-order chi connectivity index (χ0) is 11.5. The third-order valence-corrected chi connectivity index (χ3v) is 3.32. The molecule has 1 saturated heterocycles. The first kappa shape index (κ1) is 11.3. The van der Waals surface area contributed by atoms with Gasteiger partial charge in [-0.2, -0.15) is 0 Å². The van der Waals surface area contributed by atoms with Crippen LogP contribution in [0.25, 0.3) is 0 Å². The maximum absolute atomic E-state index is 13.1. The minimum Gasteiger partial charge on any atom is -0.306 e. The molecular formula is C13H16FNO. The summed E-state index contributed by atoms with van der Waals surface area (Å²) in [7, 11) is 2.04. The minimum atomic E-state index is -0.227. The van der Waals surface area contributed by atoms with E-state index in [1.807, 2.05) is 13.1 Å². The molecule has 16 heavy (non-hydrogen) atoms. The van der Waals surface area contributed by atoms with Gasteiger partial charge in [0.25, 0.3) is 0 Å². The van der Waals surface area contributed by atoms with E-state index in [-0.39, 0.29) is 17.7 Å².